The van der Waals surface area contributed by atoms with Crippen LogP contribution in [0.4, 0.5) is 5.95 Å². The van der Waals surface area contributed by atoms with Crippen molar-refractivity contribution in [1.29, 1.82) is 0 Å². The Morgan fingerprint density at radius 1 is 1.29 bits per heavy atom. The number of benzene rings is 1. The van der Waals surface area contributed by atoms with Crippen LogP contribution in [0.2, 0.25) is 0 Å². The molecule has 1 amide bonds. The molecule has 0 spiro atoms. The molecular formula is C13H14N4O3S. The fraction of sp³-hybridized carbons (Fsp3) is 0.308. The van der Waals surface area contributed by atoms with Gasteiger partial charge in [-0.15, -0.1) is 10.2 Å². The Hall–Kier alpha value is -2.22. The van der Waals surface area contributed by atoms with Gasteiger partial charge in [-0.05, 0) is 18.2 Å². The van der Waals surface area contributed by atoms with Crippen molar-refractivity contribution in [2.75, 3.05) is 25.3 Å². The summed E-state index contributed by atoms with van der Waals surface area (Å²) in [5, 5.41) is 11.6. The van der Waals surface area contributed by atoms with Crippen LogP contribution in [-0.2, 0) is 6.54 Å². The summed E-state index contributed by atoms with van der Waals surface area (Å²) in [7, 11) is 3.08. The highest BCUT2D eigenvalue weighted by molar-refractivity contribution is 7.99. The second-order valence-corrected chi connectivity index (χ2v) is 5.39. The number of nitrogens with one attached hydrogen (secondary N) is 1. The van der Waals surface area contributed by atoms with Gasteiger partial charge in [0.05, 0.1) is 14.2 Å². The Bertz CT molecular complexity index is 686. The van der Waals surface area contributed by atoms with Gasteiger partial charge in [0.15, 0.2) is 16.7 Å². The molecule has 3 rings (SSSR count). The maximum absolute atomic E-state index is 12.3. The number of ether oxygens (including phenoxy) is 2. The molecule has 1 aromatic carbocycles. The third kappa shape index (κ3) is 2.54. The zero-order valence-corrected chi connectivity index (χ0v) is 12.4. The molecule has 0 saturated heterocycles. The van der Waals surface area contributed by atoms with E-state index in [4.69, 9.17) is 9.47 Å². The van der Waals surface area contributed by atoms with E-state index in [1.165, 1.54) is 7.11 Å². The third-order valence-electron chi connectivity index (χ3n) is 3.13. The van der Waals surface area contributed by atoms with Crippen molar-refractivity contribution in [3.63, 3.8) is 0 Å². The number of anilines is 1. The van der Waals surface area contributed by atoms with E-state index < -0.39 is 0 Å². The molecule has 0 fully saturated rings. The minimum atomic E-state index is -0.261. The smallest absolute Gasteiger partial charge is 0.258 e. The normalized spacial score (nSPS) is 12.9. The number of methoxy groups -OCH3 is 2. The number of hydrogen-bond donors (Lipinski definition) is 1. The maximum atomic E-state index is 12.3. The van der Waals surface area contributed by atoms with Crippen LogP contribution in [0.3, 0.4) is 0 Å². The van der Waals surface area contributed by atoms with Crippen molar-refractivity contribution in [2.45, 2.75) is 11.7 Å². The van der Waals surface area contributed by atoms with Crippen LogP contribution in [0.25, 0.3) is 0 Å². The van der Waals surface area contributed by atoms with Crippen LogP contribution in [0.1, 0.15) is 10.4 Å². The molecule has 2 heterocycles. The maximum Gasteiger partial charge on any atom is 0.258 e. The van der Waals surface area contributed by atoms with Crippen molar-refractivity contribution < 1.29 is 14.3 Å². The molecule has 2 aromatic rings. The van der Waals surface area contributed by atoms with Crippen LogP contribution in [0.5, 0.6) is 11.5 Å². The Morgan fingerprint density at radius 2 is 2.10 bits per heavy atom. The Balaban J connectivity index is 1.82. The molecule has 7 nitrogen and oxygen atoms in total. The monoisotopic (exact) mass is 306 g/mol. The summed E-state index contributed by atoms with van der Waals surface area (Å²) < 4.78 is 12.2. The SMILES string of the molecule is COc1ccc(C(=O)Nc2nnc3n2CCS3)cc1OC. The van der Waals surface area contributed by atoms with E-state index in [2.05, 4.69) is 15.5 Å². The van der Waals surface area contributed by atoms with E-state index >= 15 is 0 Å². The van der Waals surface area contributed by atoms with Crippen LogP contribution in [0, 0.1) is 0 Å². The van der Waals surface area contributed by atoms with Crippen molar-refractivity contribution >= 4 is 23.6 Å². The molecule has 0 atom stereocenters. The lowest BCUT2D eigenvalue weighted by Gasteiger charge is -2.09. The predicted molar refractivity (Wildman–Crippen MR) is 78.2 cm³/mol. The summed E-state index contributed by atoms with van der Waals surface area (Å²) in [6.45, 7) is 0.800. The molecule has 8 heteroatoms. The Kier molecular flexibility index (Phi) is 3.70. The number of fused-ring (bicyclic) bond motifs is 1. The number of rotatable bonds is 4. The molecule has 1 aliphatic heterocycles. The van der Waals surface area contributed by atoms with Gasteiger partial charge in [0.25, 0.3) is 5.91 Å². The van der Waals surface area contributed by atoms with Crippen molar-refractivity contribution in [1.82, 2.24) is 14.8 Å². The molecular weight excluding hydrogens is 292 g/mol. The topological polar surface area (TPSA) is 78.3 Å². The first-order valence-corrected chi connectivity index (χ1v) is 7.31. The number of carbonyl (C=O) groups is 1. The first kappa shape index (κ1) is 13.7. The predicted octanol–water partition coefficient (Wildman–Crippen LogP) is 1.65. The van der Waals surface area contributed by atoms with E-state index in [0.717, 1.165) is 17.5 Å². The summed E-state index contributed by atoms with van der Waals surface area (Å²) in [6.07, 6.45) is 0. The van der Waals surface area contributed by atoms with Gasteiger partial charge in [-0.25, -0.2) is 0 Å². The zero-order valence-electron chi connectivity index (χ0n) is 11.6. The fourth-order valence-corrected chi connectivity index (χ4v) is 2.96. The van der Waals surface area contributed by atoms with Crippen molar-refractivity contribution in [3.05, 3.63) is 23.8 Å². The Morgan fingerprint density at radius 3 is 2.86 bits per heavy atom. The largest absolute Gasteiger partial charge is 0.493 e. The standard InChI is InChI=1S/C13H14N4O3S/c1-19-9-4-3-8(7-10(9)20-2)11(18)14-12-15-16-13-17(12)5-6-21-13/h3-4,7H,5-6H2,1-2H3,(H,14,15,18). The highest BCUT2D eigenvalue weighted by atomic mass is 32.2. The number of hydrogen-bond acceptors (Lipinski definition) is 6. The van der Waals surface area contributed by atoms with Crippen LogP contribution in [-0.4, -0.2) is 40.6 Å². The second kappa shape index (κ2) is 5.65. The minimum Gasteiger partial charge on any atom is -0.493 e. The molecule has 0 radical (unpaired) electrons. The van der Waals surface area contributed by atoms with E-state index in [0.29, 0.717) is 23.0 Å². The van der Waals surface area contributed by atoms with E-state index in [9.17, 15) is 4.79 Å². The average molecular weight is 306 g/mol. The van der Waals surface area contributed by atoms with Gasteiger partial charge in [0, 0.05) is 17.9 Å². The van der Waals surface area contributed by atoms with Gasteiger partial charge in [-0.3, -0.25) is 14.7 Å². The van der Waals surface area contributed by atoms with Crippen LogP contribution < -0.4 is 14.8 Å². The fourth-order valence-electron chi connectivity index (χ4n) is 2.07. The highest BCUT2D eigenvalue weighted by Gasteiger charge is 2.20. The van der Waals surface area contributed by atoms with Crippen molar-refractivity contribution in [2.24, 2.45) is 0 Å². The molecule has 110 valence electrons. The number of carbonyl (C=O) groups excluding carboxylic acids is 1. The lowest BCUT2D eigenvalue weighted by Crippen LogP contribution is -2.16. The van der Waals surface area contributed by atoms with E-state index in [-0.39, 0.29) is 5.91 Å². The van der Waals surface area contributed by atoms with Gasteiger partial charge < -0.3 is 9.47 Å². The zero-order chi connectivity index (χ0) is 14.8. The minimum absolute atomic E-state index is 0.261. The molecule has 21 heavy (non-hydrogen) atoms. The molecule has 0 aliphatic carbocycles. The van der Waals surface area contributed by atoms with Gasteiger partial charge in [-0.2, -0.15) is 0 Å². The summed E-state index contributed by atoms with van der Waals surface area (Å²) >= 11 is 1.62. The highest BCUT2D eigenvalue weighted by Crippen LogP contribution is 2.29. The van der Waals surface area contributed by atoms with E-state index in [1.807, 2.05) is 4.57 Å². The molecule has 1 N–H and O–H groups in total. The summed E-state index contributed by atoms with van der Waals surface area (Å²) in [4.78, 5) is 12.3. The lowest BCUT2D eigenvalue weighted by molar-refractivity contribution is 0.102. The summed E-state index contributed by atoms with van der Waals surface area (Å²) in [6, 6.07) is 4.99. The number of nitrogens with zero attached hydrogens (tertiary/aromatic N) is 3. The second-order valence-electron chi connectivity index (χ2n) is 4.33. The number of amides is 1. The third-order valence-corrected chi connectivity index (χ3v) is 4.08. The molecule has 0 saturated carbocycles. The lowest BCUT2D eigenvalue weighted by atomic mass is 10.2. The average Bonchev–Trinajstić information content (AvgIpc) is 3.11. The summed E-state index contributed by atoms with van der Waals surface area (Å²) in [5.41, 5.74) is 0.468. The first-order chi connectivity index (χ1) is 10.2. The Labute approximate surface area is 125 Å². The number of aromatic nitrogens is 3. The van der Waals surface area contributed by atoms with Crippen molar-refractivity contribution in [3.8, 4) is 11.5 Å². The van der Waals surface area contributed by atoms with Gasteiger partial charge in [-0.1, -0.05) is 11.8 Å². The van der Waals surface area contributed by atoms with Gasteiger partial charge in [0.2, 0.25) is 5.95 Å². The number of thioether (sulfide) groups is 1. The first-order valence-electron chi connectivity index (χ1n) is 6.32. The molecule has 0 bridgehead atoms. The molecule has 1 aliphatic rings. The van der Waals surface area contributed by atoms with Crippen LogP contribution in [0.15, 0.2) is 23.4 Å². The molecule has 0 unspecified atom stereocenters. The van der Waals surface area contributed by atoms with E-state index in [1.54, 1.807) is 37.1 Å². The van der Waals surface area contributed by atoms with Crippen LogP contribution >= 0.6 is 11.8 Å². The molecule has 1 aromatic heterocycles. The van der Waals surface area contributed by atoms with Gasteiger partial charge >= 0.3 is 0 Å². The summed E-state index contributed by atoms with van der Waals surface area (Å²) in [5.74, 6) is 2.24. The van der Waals surface area contributed by atoms with Gasteiger partial charge in [0.1, 0.15) is 0 Å². The quantitative estimate of drug-likeness (QED) is 0.925.